The minimum atomic E-state index is -0.236. The van der Waals surface area contributed by atoms with E-state index in [1.807, 2.05) is 6.92 Å². The van der Waals surface area contributed by atoms with Gasteiger partial charge in [0.05, 0.1) is 6.04 Å². The van der Waals surface area contributed by atoms with Gasteiger partial charge in [-0.25, -0.2) is 4.79 Å². The number of carbonyl (C=O) groups excluding carboxylic acids is 1. The third kappa shape index (κ3) is 2.68. The summed E-state index contributed by atoms with van der Waals surface area (Å²) in [5.41, 5.74) is 0. The van der Waals surface area contributed by atoms with Crippen LogP contribution in [0, 0.1) is 0 Å². The number of rotatable bonds is 3. The second kappa shape index (κ2) is 4.91. The quantitative estimate of drug-likeness (QED) is 0.696. The maximum Gasteiger partial charge on any atom is 0.315 e. The van der Waals surface area contributed by atoms with Crippen molar-refractivity contribution in [2.45, 2.75) is 44.7 Å². The maximum atomic E-state index is 11.6. The minimum Gasteiger partial charge on any atom is -0.335 e. The van der Waals surface area contributed by atoms with Gasteiger partial charge < -0.3 is 10.6 Å². The normalized spacial score (nSPS) is 18.3. The fourth-order valence-corrected chi connectivity index (χ4v) is 1.91. The molecule has 0 radical (unpaired) electrons. The number of aromatic nitrogens is 4. The number of urea groups is 1. The maximum absolute atomic E-state index is 11.6. The number of tetrazole rings is 1. The van der Waals surface area contributed by atoms with Crippen LogP contribution in [0.3, 0.4) is 0 Å². The van der Waals surface area contributed by atoms with E-state index >= 15 is 0 Å². The zero-order valence-electron chi connectivity index (χ0n) is 9.23. The predicted molar refractivity (Wildman–Crippen MR) is 56.5 cm³/mol. The molecule has 88 valence electrons. The zero-order valence-corrected chi connectivity index (χ0v) is 9.23. The van der Waals surface area contributed by atoms with Crippen molar-refractivity contribution in [3.05, 3.63) is 5.82 Å². The van der Waals surface area contributed by atoms with Crippen LogP contribution in [0.4, 0.5) is 4.79 Å². The van der Waals surface area contributed by atoms with Crippen molar-refractivity contribution < 1.29 is 4.79 Å². The van der Waals surface area contributed by atoms with Gasteiger partial charge in [-0.3, -0.25) is 0 Å². The van der Waals surface area contributed by atoms with E-state index in [1.165, 1.54) is 12.8 Å². The van der Waals surface area contributed by atoms with E-state index in [0.717, 1.165) is 12.8 Å². The number of amides is 2. The Morgan fingerprint density at radius 3 is 2.88 bits per heavy atom. The first-order valence-corrected chi connectivity index (χ1v) is 5.56. The van der Waals surface area contributed by atoms with E-state index in [-0.39, 0.29) is 12.1 Å². The van der Waals surface area contributed by atoms with Crippen LogP contribution >= 0.6 is 0 Å². The molecule has 2 amide bonds. The number of aromatic amines is 1. The van der Waals surface area contributed by atoms with Gasteiger partial charge in [-0.05, 0) is 19.8 Å². The van der Waals surface area contributed by atoms with E-state index in [2.05, 4.69) is 31.3 Å². The average molecular weight is 224 g/mol. The summed E-state index contributed by atoms with van der Waals surface area (Å²) in [7, 11) is 0. The molecule has 7 heteroatoms. The molecule has 1 saturated carbocycles. The van der Waals surface area contributed by atoms with Gasteiger partial charge in [0, 0.05) is 6.04 Å². The number of H-pyrrole nitrogens is 1. The highest BCUT2D eigenvalue weighted by molar-refractivity contribution is 5.74. The van der Waals surface area contributed by atoms with Crippen LogP contribution in [0.1, 0.15) is 44.5 Å². The van der Waals surface area contributed by atoms with Gasteiger partial charge >= 0.3 is 6.03 Å². The lowest BCUT2D eigenvalue weighted by Crippen LogP contribution is -2.42. The lowest BCUT2D eigenvalue weighted by atomic mass is 10.2. The number of carbonyl (C=O) groups is 1. The highest BCUT2D eigenvalue weighted by Crippen LogP contribution is 2.17. The van der Waals surface area contributed by atoms with E-state index in [0.29, 0.717) is 11.9 Å². The standard InChI is InChI=1S/C9H16N6O/c1-6(8-12-14-15-13-8)10-9(16)11-7-4-2-3-5-7/h6-7H,2-5H2,1H3,(H2,10,11,16)(H,12,13,14,15). The van der Waals surface area contributed by atoms with Gasteiger partial charge in [0.1, 0.15) is 0 Å². The Kier molecular flexibility index (Phi) is 3.33. The first kappa shape index (κ1) is 10.8. The van der Waals surface area contributed by atoms with Crippen molar-refractivity contribution in [2.75, 3.05) is 0 Å². The van der Waals surface area contributed by atoms with Crippen molar-refractivity contribution in [1.29, 1.82) is 0 Å². The molecule has 3 N–H and O–H groups in total. The molecule has 1 aromatic rings. The number of hydrogen-bond acceptors (Lipinski definition) is 4. The topological polar surface area (TPSA) is 95.6 Å². The molecule has 16 heavy (non-hydrogen) atoms. The van der Waals surface area contributed by atoms with Crippen LogP contribution in [-0.2, 0) is 0 Å². The molecular weight excluding hydrogens is 208 g/mol. The van der Waals surface area contributed by atoms with Crippen molar-refractivity contribution in [1.82, 2.24) is 31.3 Å². The molecule has 0 bridgehead atoms. The Morgan fingerprint density at radius 1 is 1.50 bits per heavy atom. The largest absolute Gasteiger partial charge is 0.335 e. The van der Waals surface area contributed by atoms with Crippen molar-refractivity contribution >= 4 is 6.03 Å². The molecule has 0 aromatic carbocycles. The Labute approximate surface area is 93.4 Å². The second-order valence-electron chi connectivity index (χ2n) is 4.09. The SMILES string of the molecule is CC(NC(=O)NC1CCCC1)c1nn[nH]n1. The van der Waals surface area contributed by atoms with Crippen molar-refractivity contribution in [3.63, 3.8) is 0 Å². The number of nitrogens with one attached hydrogen (secondary N) is 3. The van der Waals surface area contributed by atoms with Crippen LogP contribution in [-0.4, -0.2) is 32.7 Å². The Bertz CT molecular complexity index is 332. The van der Waals surface area contributed by atoms with Gasteiger partial charge in [-0.1, -0.05) is 18.1 Å². The third-order valence-corrected chi connectivity index (χ3v) is 2.79. The van der Waals surface area contributed by atoms with Crippen LogP contribution in [0.15, 0.2) is 0 Å². The summed E-state index contributed by atoms with van der Waals surface area (Å²) in [4.78, 5) is 11.6. The lowest BCUT2D eigenvalue weighted by Gasteiger charge is -2.15. The van der Waals surface area contributed by atoms with Gasteiger partial charge in [0.25, 0.3) is 0 Å². The highest BCUT2D eigenvalue weighted by Gasteiger charge is 2.19. The molecule has 1 aliphatic carbocycles. The molecule has 0 aliphatic heterocycles. The van der Waals surface area contributed by atoms with Gasteiger partial charge in [0.15, 0.2) is 5.82 Å². The monoisotopic (exact) mass is 224 g/mol. The van der Waals surface area contributed by atoms with Crippen LogP contribution < -0.4 is 10.6 Å². The summed E-state index contributed by atoms with van der Waals surface area (Å²) in [6, 6.07) is -0.0816. The number of hydrogen-bond donors (Lipinski definition) is 3. The van der Waals surface area contributed by atoms with Crippen molar-refractivity contribution in [3.8, 4) is 0 Å². The molecule has 0 saturated heterocycles. The molecule has 1 fully saturated rings. The summed E-state index contributed by atoms with van der Waals surface area (Å²) in [5, 5.41) is 19.1. The van der Waals surface area contributed by atoms with Gasteiger partial charge in [0.2, 0.25) is 0 Å². The molecular formula is C9H16N6O. The van der Waals surface area contributed by atoms with E-state index < -0.39 is 0 Å². The van der Waals surface area contributed by atoms with E-state index in [1.54, 1.807) is 0 Å². The first-order chi connectivity index (χ1) is 7.75. The summed E-state index contributed by atoms with van der Waals surface area (Å²) < 4.78 is 0. The Hall–Kier alpha value is -1.66. The van der Waals surface area contributed by atoms with Crippen LogP contribution in [0.2, 0.25) is 0 Å². The predicted octanol–water partition coefficient (Wildman–Crippen LogP) is 0.502. The Balaban J connectivity index is 1.78. The summed E-state index contributed by atoms with van der Waals surface area (Å²) in [5.74, 6) is 0.488. The fraction of sp³-hybridized carbons (Fsp3) is 0.778. The smallest absolute Gasteiger partial charge is 0.315 e. The molecule has 2 rings (SSSR count). The summed E-state index contributed by atoms with van der Waals surface area (Å²) in [6.45, 7) is 1.82. The van der Waals surface area contributed by atoms with E-state index in [9.17, 15) is 4.79 Å². The van der Waals surface area contributed by atoms with Crippen molar-refractivity contribution in [2.24, 2.45) is 0 Å². The van der Waals surface area contributed by atoms with Crippen LogP contribution in [0.5, 0.6) is 0 Å². The molecule has 1 aromatic heterocycles. The molecule has 1 atom stereocenters. The van der Waals surface area contributed by atoms with E-state index in [4.69, 9.17) is 0 Å². The third-order valence-electron chi connectivity index (χ3n) is 2.79. The molecule has 0 spiro atoms. The summed E-state index contributed by atoms with van der Waals surface area (Å²) >= 11 is 0. The molecule has 1 aliphatic rings. The highest BCUT2D eigenvalue weighted by atomic mass is 16.2. The molecule has 7 nitrogen and oxygen atoms in total. The minimum absolute atomic E-state index is 0.163. The first-order valence-electron chi connectivity index (χ1n) is 5.56. The Morgan fingerprint density at radius 2 is 2.25 bits per heavy atom. The zero-order chi connectivity index (χ0) is 11.4. The average Bonchev–Trinajstić information content (AvgIpc) is 2.88. The fourth-order valence-electron chi connectivity index (χ4n) is 1.91. The summed E-state index contributed by atoms with van der Waals surface area (Å²) in [6.07, 6.45) is 4.55. The van der Waals surface area contributed by atoms with Crippen LogP contribution in [0.25, 0.3) is 0 Å². The second-order valence-corrected chi connectivity index (χ2v) is 4.09. The number of nitrogens with zero attached hydrogens (tertiary/aromatic N) is 3. The molecule has 1 unspecified atom stereocenters. The lowest BCUT2D eigenvalue weighted by molar-refractivity contribution is 0.233. The van der Waals surface area contributed by atoms with Gasteiger partial charge in [-0.15, -0.1) is 10.2 Å². The molecule has 1 heterocycles. The van der Waals surface area contributed by atoms with Gasteiger partial charge in [-0.2, -0.15) is 5.21 Å².